The lowest BCUT2D eigenvalue weighted by atomic mass is 10.1. The van der Waals surface area contributed by atoms with Gasteiger partial charge in [0.05, 0.1) is 0 Å². The van der Waals surface area contributed by atoms with Crippen molar-refractivity contribution in [3.05, 3.63) is 102 Å². The summed E-state index contributed by atoms with van der Waals surface area (Å²) in [5.74, 6) is 0.0319. The van der Waals surface area contributed by atoms with E-state index in [1.54, 1.807) is 6.08 Å². The van der Waals surface area contributed by atoms with Crippen molar-refractivity contribution in [2.24, 2.45) is 0 Å². The van der Waals surface area contributed by atoms with E-state index in [1.165, 1.54) is 0 Å². The van der Waals surface area contributed by atoms with E-state index in [4.69, 9.17) is 0 Å². The van der Waals surface area contributed by atoms with Crippen molar-refractivity contribution in [1.82, 2.24) is 4.98 Å². The van der Waals surface area contributed by atoms with Crippen molar-refractivity contribution < 1.29 is 4.79 Å². The van der Waals surface area contributed by atoms with Gasteiger partial charge < -0.3 is 4.98 Å². The Kier molecular flexibility index (Phi) is 5.77. The Morgan fingerprint density at radius 2 is 1.33 bits per heavy atom. The van der Waals surface area contributed by atoms with Crippen molar-refractivity contribution in [3.63, 3.8) is 0 Å². The first-order valence-electron chi connectivity index (χ1n) is 6.76. The predicted molar refractivity (Wildman–Crippen MR) is 87.0 cm³/mol. The molecule has 3 rings (SSSR count). The van der Waals surface area contributed by atoms with E-state index in [-0.39, 0.29) is 5.78 Å². The minimum atomic E-state index is 0.0319. The van der Waals surface area contributed by atoms with E-state index in [1.807, 2.05) is 91.3 Å². The molecule has 104 valence electrons. The monoisotopic (exact) mass is 275 g/mol. The number of allylic oxidation sites excluding steroid dienone is 1. The van der Waals surface area contributed by atoms with Gasteiger partial charge in [-0.15, -0.1) is 0 Å². The molecule has 2 heteroatoms. The van der Waals surface area contributed by atoms with Crippen molar-refractivity contribution in [3.8, 4) is 0 Å². The van der Waals surface area contributed by atoms with Gasteiger partial charge in [0.2, 0.25) is 0 Å². The molecule has 1 N–H and O–H groups in total. The summed E-state index contributed by atoms with van der Waals surface area (Å²) in [7, 11) is 0. The van der Waals surface area contributed by atoms with Crippen LogP contribution >= 0.6 is 0 Å². The van der Waals surface area contributed by atoms with Crippen LogP contribution in [0, 0.1) is 0 Å². The predicted octanol–water partition coefficient (Wildman–Crippen LogP) is 4.60. The van der Waals surface area contributed by atoms with Crippen LogP contribution in [0.15, 0.2) is 91.3 Å². The largest absolute Gasteiger partial charge is 0.368 e. The molecule has 0 radical (unpaired) electrons. The zero-order chi connectivity index (χ0) is 14.8. The lowest BCUT2D eigenvalue weighted by Gasteiger charge is -1.94. The number of H-pyrrole nitrogens is 1. The highest BCUT2D eigenvalue weighted by Crippen LogP contribution is 2.05. The summed E-state index contributed by atoms with van der Waals surface area (Å²) in [6.07, 6.45) is 7.18. The third-order valence-corrected chi connectivity index (χ3v) is 2.78. The fourth-order valence-electron chi connectivity index (χ4n) is 1.71. The molecule has 3 aromatic rings. The summed E-state index contributed by atoms with van der Waals surface area (Å²) in [6, 6.07) is 22.9. The Bertz CT molecular complexity index is 638. The van der Waals surface area contributed by atoms with Crippen LogP contribution in [0.3, 0.4) is 0 Å². The van der Waals surface area contributed by atoms with E-state index in [2.05, 4.69) is 4.98 Å². The Balaban J connectivity index is 0.000000272. The number of benzene rings is 2. The van der Waals surface area contributed by atoms with Crippen LogP contribution in [0.1, 0.15) is 15.9 Å². The number of ketones is 1. The first kappa shape index (κ1) is 14.5. The zero-order valence-corrected chi connectivity index (χ0v) is 11.6. The van der Waals surface area contributed by atoms with E-state index in [0.717, 1.165) is 11.1 Å². The molecule has 0 bridgehead atoms. The van der Waals surface area contributed by atoms with Crippen molar-refractivity contribution >= 4 is 11.9 Å². The molecule has 0 aliphatic heterocycles. The molecule has 2 aromatic carbocycles. The maximum absolute atomic E-state index is 11.7. The second kappa shape index (κ2) is 8.33. The Morgan fingerprint density at radius 3 is 1.86 bits per heavy atom. The highest BCUT2D eigenvalue weighted by Gasteiger charge is 1.98. The van der Waals surface area contributed by atoms with Gasteiger partial charge in [0.25, 0.3) is 0 Å². The standard InChI is InChI=1S/C15H12O.C4H5N/c16-15(14-9-5-2-6-10-14)12-11-13-7-3-1-4-8-13;1-2-4-5-3-1/h1-12H;1-5H/b12-11+;. The van der Waals surface area contributed by atoms with E-state index in [0.29, 0.717) is 0 Å². The summed E-state index contributed by atoms with van der Waals surface area (Å²) in [5, 5.41) is 0. The molecule has 1 aromatic heterocycles. The molecular formula is C19H17NO. The number of aromatic amines is 1. The average Bonchev–Trinajstić information content (AvgIpc) is 3.14. The van der Waals surface area contributed by atoms with Crippen LogP contribution < -0.4 is 0 Å². The lowest BCUT2D eigenvalue weighted by Crippen LogP contribution is -1.92. The first-order chi connectivity index (χ1) is 10.4. The van der Waals surface area contributed by atoms with Crippen LogP contribution in [0.4, 0.5) is 0 Å². The highest BCUT2D eigenvalue weighted by molar-refractivity contribution is 6.06. The maximum Gasteiger partial charge on any atom is 0.185 e. The number of hydrogen-bond donors (Lipinski definition) is 1. The van der Waals surface area contributed by atoms with Gasteiger partial charge in [-0.1, -0.05) is 66.7 Å². The molecule has 0 aliphatic carbocycles. The van der Waals surface area contributed by atoms with Crippen LogP contribution in [-0.4, -0.2) is 10.8 Å². The van der Waals surface area contributed by atoms with E-state index in [9.17, 15) is 4.79 Å². The summed E-state index contributed by atoms with van der Waals surface area (Å²) < 4.78 is 0. The third-order valence-electron chi connectivity index (χ3n) is 2.78. The number of nitrogens with one attached hydrogen (secondary N) is 1. The van der Waals surface area contributed by atoms with Crippen LogP contribution in [0.5, 0.6) is 0 Å². The summed E-state index contributed by atoms with van der Waals surface area (Å²) in [5.41, 5.74) is 1.75. The second-order valence-electron chi connectivity index (χ2n) is 4.36. The van der Waals surface area contributed by atoms with E-state index < -0.39 is 0 Å². The second-order valence-corrected chi connectivity index (χ2v) is 4.36. The van der Waals surface area contributed by atoms with Gasteiger partial charge in [-0.2, -0.15) is 0 Å². The quantitative estimate of drug-likeness (QED) is 0.550. The fraction of sp³-hybridized carbons (Fsp3) is 0. The summed E-state index contributed by atoms with van der Waals surface area (Å²) in [4.78, 5) is 14.6. The van der Waals surface area contributed by atoms with Gasteiger partial charge >= 0.3 is 0 Å². The molecule has 0 saturated carbocycles. The lowest BCUT2D eigenvalue weighted by molar-refractivity contribution is 0.104. The number of carbonyl (C=O) groups excluding carboxylic acids is 1. The molecule has 2 nitrogen and oxygen atoms in total. The molecule has 21 heavy (non-hydrogen) atoms. The third kappa shape index (κ3) is 5.33. The van der Waals surface area contributed by atoms with Crippen molar-refractivity contribution in [2.75, 3.05) is 0 Å². The number of aromatic nitrogens is 1. The van der Waals surface area contributed by atoms with Gasteiger partial charge in [0, 0.05) is 18.0 Å². The van der Waals surface area contributed by atoms with Crippen molar-refractivity contribution in [1.29, 1.82) is 0 Å². The minimum absolute atomic E-state index is 0.0319. The van der Waals surface area contributed by atoms with Gasteiger partial charge in [-0.25, -0.2) is 0 Å². The fourth-order valence-corrected chi connectivity index (χ4v) is 1.71. The molecule has 0 saturated heterocycles. The Labute approximate surface area is 124 Å². The van der Waals surface area contributed by atoms with Crippen LogP contribution in [0.25, 0.3) is 6.08 Å². The maximum atomic E-state index is 11.7. The minimum Gasteiger partial charge on any atom is -0.368 e. The average molecular weight is 275 g/mol. The molecule has 0 spiro atoms. The molecule has 0 amide bonds. The normalized spacial score (nSPS) is 9.90. The van der Waals surface area contributed by atoms with E-state index >= 15 is 0 Å². The number of hydrogen-bond acceptors (Lipinski definition) is 1. The molecular weight excluding hydrogens is 258 g/mol. The Morgan fingerprint density at radius 1 is 0.762 bits per heavy atom. The van der Waals surface area contributed by atoms with Gasteiger partial charge in [-0.05, 0) is 23.8 Å². The molecule has 0 aliphatic rings. The zero-order valence-electron chi connectivity index (χ0n) is 11.6. The Hall–Kier alpha value is -2.87. The highest BCUT2D eigenvalue weighted by atomic mass is 16.1. The molecule has 0 atom stereocenters. The van der Waals surface area contributed by atoms with Gasteiger partial charge in [0.15, 0.2) is 5.78 Å². The number of rotatable bonds is 3. The van der Waals surface area contributed by atoms with Crippen molar-refractivity contribution in [2.45, 2.75) is 0 Å². The van der Waals surface area contributed by atoms with Crippen LogP contribution in [0.2, 0.25) is 0 Å². The van der Waals surface area contributed by atoms with Gasteiger partial charge in [-0.3, -0.25) is 4.79 Å². The first-order valence-corrected chi connectivity index (χ1v) is 6.76. The number of carbonyl (C=O) groups is 1. The summed E-state index contributed by atoms with van der Waals surface area (Å²) in [6.45, 7) is 0. The smallest absolute Gasteiger partial charge is 0.185 e. The topological polar surface area (TPSA) is 32.9 Å². The molecule has 1 heterocycles. The SMILES string of the molecule is O=C(/C=C/c1ccccc1)c1ccccc1.c1cc[nH]c1. The van der Waals surface area contributed by atoms with Gasteiger partial charge in [0.1, 0.15) is 0 Å². The van der Waals surface area contributed by atoms with Crippen LogP contribution in [-0.2, 0) is 0 Å². The molecule has 0 unspecified atom stereocenters. The molecule has 0 fully saturated rings. The summed E-state index contributed by atoms with van der Waals surface area (Å²) >= 11 is 0.